The summed E-state index contributed by atoms with van der Waals surface area (Å²) in [5, 5.41) is 10.8. The van der Waals surface area contributed by atoms with Gasteiger partial charge in [0.25, 0.3) is 11.5 Å². The number of aromatic hydroxyl groups is 1. The van der Waals surface area contributed by atoms with Crippen molar-refractivity contribution in [1.82, 2.24) is 24.8 Å². The van der Waals surface area contributed by atoms with Crippen LogP contribution in [0.1, 0.15) is 40.6 Å². The standard InChI is InChI=1S/C24H22FN5O3S/c1-24(2,30(3)22(33)17-6-4-5-11-26-17)23-28-18(19(31)20(32)29-23)21-27-13-16(34-21)12-14-7-9-15(25)10-8-14/h4-11,13,31H,12H2,1-3H3,(H,28,29,32). The van der Waals surface area contributed by atoms with E-state index < -0.39 is 16.8 Å². The number of nitrogens with zero attached hydrogens (tertiary/aromatic N) is 4. The largest absolute Gasteiger partial charge is 0.501 e. The van der Waals surface area contributed by atoms with Crippen LogP contribution in [0, 0.1) is 5.82 Å². The van der Waals surface area contributed by atoms with E-state index in [0.29, 0.717) is 11.4 Å². The maximum absolute atomic E-state index is 13.2. The Bertz CT molecular complexity index is 1380. The molecule has 0 bridgehead atoms. The second-order valence-electron chi connectivity index (χ2n) is 8.18. The van der Waals surface area contributed by atoms with Gasteiger partial charge in [-0.15, -0.1) is 11.3 Å². The average molecular weight is 480 g/mol. The van der Waals surface area contributed by atoms with Gasteiger partial charge in [-0.25, -0.2) is 14.4 Å². The summed E-state index contributed by atoms with van der Waals surface area (Å²) in [7, 11) is 1.59. The fraction of sp³-hybridized carbons (Fsp3) is 0.208. The van der Waals surface area contributed by atoms with Gasteiger partial charge < -0.3 is 15.0 Å². The number of halogens is 1. The number of aromatic nitrogens is 4. The molecule has 0 aliphatic heterocycles. The molecule has 0 saturated heterocycles. The van der Waals surface area contributed by atoms with Crippen LogP contribution in [0.2, 0.25) is 0 Å². The lowest BCUT2D eigenvalue weighted by atomic mass is 10.0. The van der Waals surface area contributed by atoms with Crippen LogP contribution in [-0.2, 0) is 12.0 Å². The van der Waals surface area contributed by atoms with Gasteiger partial charge in [-0.2, -0.15) is 0 Å². The lowest BCUT2D eigenvalue weighted by Crippen LogP contribution is -2.45. The highest BCUT2D eigenvalue weighted by Crippen LogP contribution is 2.32. The number of nitrogens with one attached hydrogen (secondary N) is 1. The first-order valence-corrected chi connectivity index (χ1v) is 11.2. The normalized spacial score (nSPS) is 11.4. The van der Waals surface area contributed by atoms with Crippen molar-refractivity contribution in [2.75, 3.05) is 7.05 Å². The highest BCUT2D eigenvalue weighted by atomic mass is 32.1. The molecule has 0 aliphatic carbocycles. The number of carbonyl (C=O) groups excluding carboxylic acids is 1. The maximum atomic E-state index is 13.2. The van der Waals surface area contributed by atoms with Crippen LogP contribution >= 0.6 is 11.3 Å². The molecule has 1 amide bonds. The van der Waals surface area contributed by atoms with Crippen molar-refractivity contribution < 1.29 is 14.3 Å². The van der Waals surface area contributed by atoms with Crippen molar-refractivity contribution >= 4 is 17.2 Å². The number of carbonyl (C=O) groups is 1. The number of rotatable bonds is 6. The van der Waals surface area contributed by atoms with Crippen molar-refractivity contribution in [1.29, 1.82) is 0 Å². The molecule has 4 rings (SSSR count). The summed E-state index contributed by atoms with van der Waals surface area (Å²) in [4.78, 5) is 43.2. The van der Waals surface area contributed by atoms with Gasteiger partial charge in [0.2, 0.25) is 5.75 Å². The quantitative estimate of drug-likeness (QED) is 0.436. The first kappa shape index (κ1) is 23.2. The second kappa shape index (κ2) is 9.14. The molecule has 0 radical (unpaired) electrons. The highest BCUT2D eigenvalue weighted by molar-refractivity contribution is 7.15. The fourth-order valence-corrected chi connectivity index (χ4v) is 4.22. The van der Waals surface area contributed by atoms with E-state index in [4.69, 9.17) is 0 Å². The SMILES string of the molecule is CN(C(=O)c1ccccn1)C(C)(C)c1nc(-c2ncc(Cc3ccc(F)cc3)s2)c(O)c(=O)[nH]1. The van der Waals surface area contributed by atoms with E-state index in [-0.39, 0.29) is 28.9 Å². The van der Waals surface area contributed by atoms with E-state index in [1.54, 1.807) is 57.4 Å². The molecule has 10 heteroatoms. The van der Waals surface area contributed by atoms with Crippen molar-refractivity contribution in [3.8, 4) is 16.5 Å². The molecular formula is C24H22FN5O3S. The minimum absolute atomic E-state index is 0.0286. The van der Waals surface area contributed by atoms with Gasteiger partial charge in [-0.1, -0.05) is 18.2 Å². The number of amides is 1. The first-order chi connectivity index (χ1) is 16.2. The lowest BCUT2D eigenvalue weighted by Gasteiger charge is -2.34. The molecule has 3 heterocycles. The third kappa shape index (κ3) is 4.58. The monoisotopic (exact) mass is 479 g/mol. The predicted octanol–water partition coefficient (Wildman–Crippen LogP) is 3.73. The number of H-pyrrole nitrogens is 1. The predicted molar refractivity (Wildman–Crippen MR) is 126 cm³/mol. The molecule has 0 saturated carbocycles. The Hall–Kier alpha value is -3.92. The van der Waals surface area contributed by atoms with Crippen LogP contribution in [0.5, 0.6) is 5.75 Å². The molecular weight excluding hydrogens is 457 g/mol. The Morgan fingerprint density at radius 2 is 1.91 bits per heavy atom. The molecule has 174 valence electrons. The summed E-state index contributed by atoms with van der Waals surface area (Å²) < 4.78 is 13.2. The topological polar surface area (TPSA) is 112 Å². The van der Waals surface area contributed by atoms with Gasteiger partial charge in [-0.05, 0) is 43.7 Å². The average Bonchev–Trinajstić information content (AvgIpc) is 3.29. The molecule has 0 aliphatic rings. The third-order valence-electron chi connectivity index (χ3n) is 5.55. The van der Waals surface area contributed by atoms with E-state index in [0.717, 1.165) is 10.4 Å². The Labute approximate surface area is 198 Å². The third-order valence-corrected chi connectivity index (χ3v) is 6.55. The molecule has 0 atom stereocenters. The number of pyridine rings is 1. The number of hydrogen-bond donors (Lipinski definition) is 2. The van der Waals surface area contributed by atoms with E-state index >= 15 is 0 Å². The zero-order valence-electron chi connectivity index (χ0n) is 18.7. The van der Waals surface area contributed by atoms with Crippen molar-refractivity contribution in [2.45, 2.75) is 25.8 Å². The first-order valence-electron chi connectivity index (χ1n) is 10.4. The molecule has 4 aromatic rings. The molecule has 3 aromatic heterocycles. The smallest absolute Gasteiger partial charge is 0.293 e. The molecule has 34 heavy (non-hydrogen) atoms. The zero-order chi connectivity index (χ0) is 24.5. The lowest BCUT2D eigenvalue weighted by molar-refractivity contribution is 0.0600. The molecule has 2 N–H and O–H groups in total. The number of benzene rings is 1. The van der Waals surface area contributed by atoms with Gasteiger partial charge in [0.05, 0.1) is 5.54 Å². The van der Waals surface area contributed by atoms with E-state index in [1.165, 1.54) is 34.6 Å². The Morgan fingerprint density at radius 3 is 2.59 bits per heavy atom. The van der Waals surface area contributed by atoms with Crippen molar-refractivity contribution in [3.63, 3.8) is 0 Å². The summed E-state index contributed by atoms with van der Waals surface area (Å²) in [6, 6.07) is 11.2. The Balaban J connectivity index is 1.66. The summed E-state index contributed by atoms with van der Waals surface area (Å²) in [6.07, 6.45) is 3.67. The van der Waals surface area contributed by atoms with E-state index in [1.807, 2.05) is 0 Å². The minimum atomic E-state index is -1.04. The van der Waals surface area contributed by atoms with Crippen LogP contribution in [0.3, 0.4) is 0 Å². The summed E-state index contributed by atoms with van der Waals surface area (Å²) in [6.45, 7) is 3.46. The van der Waals surface area contributed by atoms with Gasteiger partial charge >= 0.3 is 0 Å². The van der Waals surface area contributed by atoms with E-state index in [9.17, 15) is 19.1 Å². The van der Waals surface area contributed by atoms with Gasteiger partial charge in [0, 0.05) is 30.7 Å². The number of aromatic amines is 1. The summed E-state index contributed by atoms with van der Waals surface area (Å²) >= 11 is 1.27. The minimum Gasteiger partial charge on any atom is -0.501 e. The van der Waals surface area contributed by atoms with Crippen molar-refractivity contribution in [2.24, 2.45) is 0 Å². The Morgan fingerprint density at radius 1 is 1.18 bits per heavy atom. The van der Waals surface area contributed by atoms with Crippen LogP contribution in [0.25, 0.3) is 10.7 Å². The van der Waals surface area contributed by atoms with Gasteiger partial charge in [0.15, 0.2) is 0 Å². The second-order valence-corrected chi connectivity index (χ2v) is 9.30. The maximum Gasteiger partial charge on any atom is 0.293 e. The van der Waals surface area contributed by atoms with Crippen molar-refractivity contribution in [3.05, 3.63) is 93.0 Å². The summed E-state index contributed by atoms with van der Waals surface area (Å²) in [5.74, 6) is -1.03. The molecule has 0 fully saturated rings. The molecule has 1 aromatic carbocycles. The zero-order valence-corrected chi connectivity index (χ0v) is 19.6. The van der Waals surface area contributed by atoms with Crippen LogP contribution < -0.4 is 5.56 Å². The van der Waals surface area contributed by atoms with Gasteiger partial charge in [-0.3, -0.25) is 14.6 Å². The van der Waals surface area contributed by atoms with Gasteiger partial charge in [0.1, 0.15) is 28.0 Å². The highest BCUT2D eigenvalue weighted by Gasteiger charge is 2.34. The molecule has 0 spiro atoms. The molecule has 8 nitrogen and oxygen atoms in total. The molecule has 0 unspecified atom stereocenters. The summed E-state index contributed by atoms with van der Waals surface area (Å²) in [5.41, 5.74) is -0.589. The van der Waals surface area contributed by atoms with E-state index in [2.05, 4.69) is 19.9 Å². The Kier molecular flexibility index (Phi) is 6.25. The van der Waals surface area contributed by atoms with Crippen LogP contribution in [0.4, 0.5) is 4.39 Å². The van der Waals surface area contributed by atoms with Crippen LogP contribution in [-0.4, -0.2) is 42.9 Å². The number of hydrogen-bond acceptors (Lipinski definition) is 7. The number of thiazole rings is 1. The fourth-order valence-electron chi connectivity index (χ4n) is 3.28. The van der Waals surface area contributed by atoms with Crippen LogP contribution in [0.15, 0.2) is 59.7 Å².